The summed E-state index contributed by atoms with van der Waals surface area (Å²) in [5.74, 6) is 1.79. The SMILES string of the molecule is CC(C)CN1C(=O)CCSC1c1ccsc1. The van der Waals surface area contributed by atoms with Crippen molar-refractivity contribution < 1.29 is 4.79 Å². The van der Waals surface area contributed by atoms with E-state index in [1.54, 1.807) is 11.3 Å². The Morgan fingerprint density at radius 2 is 2.38 bits per heavy atom. The van der Waals surface area contributed by atoms with Crippen LogP contribution in [0, 0.1) is 5.92 Å². The number of hydrogen-bond acceptors (Lipinski definition) is 3. The van der Waals surface area contributed by atoms with E-state index in [0.29, 0.717) is 18.2 Å². The van der Waals surface area contributed by atoms with Crippen LogP contribution in [0.1, 0.15) is 31.2 Å². The summed E-state index contributed by atoms with van der Waals surface area (Å²) in [4.78, 5) is 14.0. The van der Waals surface area contributed by atoms with Crippen LogP contribution >= 0.6 is 23.1 Å². The Labute approximate surface area is 105 Å². The van der Waals surface area contributed by atoms with Gasteiger partial charge in [0.25, 0.3) is 0 Å². The predicted octanol–water partition coefficient (Wildman–Crippen LogP) is 3.37. The molecule has 88 valence electrons. The zero-order valence-corrected chi connectivity index (χ0v) is 11.3. The van der Waals surface area contributed by atoms with E-state index in [9.17, 15) is 4.79 Å². The quantitative estimate of drug-likeness (QED) is 0.825. The van der Waals surface area contributed by atoms with Crippen molar-refractivity contribution in [3.8, 4) is 0 Å². The van der Waals surface area contributed by atoms with Crippen LogP contribution < -0.4 is 0 Å². The normalized spacial score (nSPS) is 21.8. The molecule has 1 saturated heterocycles. The molecule has 2 nitrogen and oxygen atoms in total. The van der Waals surface area contributed by atoms with Crippen LogP contribution in [0.25, 0.3) is 0 Å². The van der Waals surface area contributed by atoms with Crippen molar-refractivity contribution in [1.82, 2.24) is 4.90 Å². The van der Waals surface area contributed by atoms with E-state index in [4.69, 9.17) is 0 Å². The molecule has 2 heterocycles. The molecule has 0 radical (unpaired) electrons. The fraction of sp³-hybridized carbons (Fsp3) is 0.583. The number of thiophene rings is 1. The maximum absolute atomic E-state index is 12.0. The molecule has 1 fully saturated rings. The minimum atomic E-state index is 0.245. The molecule has 16 heavy (non-hydrogen) atoms. The third-order valence-electron chi connectivity index (χ3n) is 2.59. The Bertz CT molecular complexity index is 348. The second kappa shape index (κ2) is 5.23. The predicted molar refractivity (Wildman–Crippen MR) is 70.7 cm³/mol. The first-order valence-corrected chi connectivity index (χ1v) is 7.61. The van der Waals surface area contributed by atoms with Crippen molar-refractivity contribution in [2.24, 2.45) is 5.92 Å². The molecule has 0 saturated carbocycles. The molecule has 1 unspecified atom stereocenters. The average Bonchev–Trinajstić information content (AvgIpc) is 2.73. The molecule has 0 aromatic carbocycles. The van der Waals surface area contributed by atoms with Crippen LogP contribution in [-0.2, 0) is 4.79 Å². The molecule has 2 rings (SSSR count). The number of hydrogen-bond donors (Lipinski definition) is 0. The van der Waals surface area contributed by atoms with Crippen molar-refractivity contribution in [2.45, 2.75) is 25.6 Å². The third-order valence-corrected chi connectivity index (χ3v) is 4.57. The molecule has 1 atom stereocenters. The van der Waals surface area contributed by atoms with Gasteiger partial charge in [-0.05, 0) is 28.3 Å². The summed E-state index contributed by atoms with van der Waals surface area (Å²) in [5.41, 5.74) is 1.28. The molecular weight excluding hydrogens is 238 g/mol. The van der Waals surface area contributed by atoms with Gasteiger partial charge in [0, 0.05) is 18.7 Å². The van der Waals surface area contributed by atoms with Gasteiger partial charge in [0.2, 0.25) is 5.91 Å². The lowest BCUT2D eigenvalue weighted by Gasteiger charge is -2.36. The zero-order valence-electron chi connectivity index (χ0n) is 9.68. The maximum atomic E-state index is 12.0. The monoisotopic (exact) mass is 255 g/mol. The van der Waals surface area contributed by atoms with E-state index in [2.05, 4.69) is 30.7 Å². The largest absolute Gasteiger partial charge is 0.326 e. The second-order valence-electron chi connectivity index (χ2n) is 4.47. The summed E-state index contributed by atoms with van der Waals surface area (Å²) in [7, 11) is 0. The molecular formula is C12H17NOS2. The Morgan fingerprint density at radius 1 is 1.56 bits per heavy atom. The maximum Gasteiger partial charge on any atom is 0.224 e. The summed E-state index contributed by atoms with van der Waals surface area (Å²) in [6.45, 7) is 5.20. The highest BCUT2D eigenvalue weighted by atomic mass is 32.2. The van der Waals surface area contributed by atoms with Gasteiger partial charge in [-0.1, -0.05) is 13.8 Å². The summed E-state index contributed by atoms with van der Waals surface area (Å²) in [6, 6.07) is 2.13. The molecule has 4 heteroatoms. The van der Waals surface area contributed by atoms with E-state index in [0.717, 1.165) is 12.3 Å². The van der Waals surface area contributed by atoms with Gasteiger partial charge < -0.3 is 4.90 Å². The smallest absolute Gasteiger partial charge is 0.224 e. The molecule has 1 aromatic heterocycles. The van der Waals surface area contributed by atoms with E-state index in [1.807, 2.05) is 16.7 Å². The molecule has 1 aliphatic rings. The molecule has 1 aromatic rings. The van der Waals surface area contributed by atoms with Gasteiger partial charge in [-0.2, -0.15) is 11.3 Å². The summed E-state index contributed by atoms with van der Waals surface area (Å²) in [5, 5.41) is 4.49. The molecule has 1 aliphatic heterocycles. The van der Waals surface area contributed by atoms with Crippen molar-refractivity contribution in [1.29, 1.82) is 0 Å². The highest BCUT2D eigenvalue weighted by molar-refractivity contribution is 7.99. The average molecular weight is 255 g/mol. The molecule has 0 bridgehead atoms. The van der Waals surface area contributed by atoms with Gasteiger partial charge in [0.05, 0.1) is 0 Å². The van der Waals surface area contributed by atoms with Gasteiger partial charge in [-0.15, -0.1) is 11.8 Å². The topological polar surface area (TPSA) is 20.3 Å². The Kier molecular flexibility index (Phi) is 3.92. The first kappa shape index (κ1) is 12.0. The van der Waals surface area contributed by atoms with Crippen molar-refractivity contribution in [2.75, 3.05) is 12.3 Å². The van der Waals surface area contributed by atoms with Crippen LogP contribution in [0.4, 0.5) is 0 Å². The number of nitrogens with zero attached hydrogens (tertiary/aromatic N) is 1. The second-order valence-corrected chi connectivity index (χ2v) is 6.44. The number of carbonyl (C=O) groups excluding carboxylic acids is 1. The van der Waals surface area contributed by atoms with E-state index >= 15 is 0 Å². The summed E-state index contributed by atoms with van der Waals surface area (Å²) >= 11 is 3.59. The third kappa shape index (κ3) is 2.61. The van der Waals surface area contributed by atoms with Gasteiger partial charge in [-0.3, -0.25) is 4.79 Å². The lowest BCUT2D eigenvalue weighted by atomic mass is 10.1. The Hall–Kier alpha value is -0.480. The Balaban J connectivity index is 2.17. The first-order chi connectivity index (χ1) is 7.68. The summed E-state index contributed by atoms with van der Waals surface area (Å²) < 4.78 is 0. The molecule has 0 N–H and O–H groups in total. The lowest BCUT2D eigenvalue weighted by molar-refractivity contribution is -0.132. The highest BCUT2D eigenvalue weighted by Crippen LogP contribution is 2.38. The highest BCUT2D eigenvalue weighted by Gasteiger charge is 2.30. The van der Waals surface area contributed by atoms with Crippen LogP contribution in [0.5, 0.6) is 0 Å². The molecule has 1 amide bonds. The van der Waals surface area contributed by atoms with Crippen molar-refractivity contribution in [3.63, 3.8) is 0 Å². The van der Waals surface area contributed by atoms with E-state index in [-0.39, 0.29) is 5.37 Å². The van der Waals surface area contributed by atoms with Crippen LogP contribution in [0.2, 0.25) is 0 Å². The van der Waals surface area contributed by atoms with Gasteiger partial charge in [0.15, 0.2) is 0 Å². The minimum absolute atomic E-state index is 0.245. The lowest BCUT2D eigenvalue weighted by Crippen LogP contribution is -2.39. The van der Waals surface area contributed by atoms with Gasteiger partial charge in [-0.25, -0.2) is 0 Å². The fourth-order valence-corrected chi connectivity index (χ4v) is 3.91. The van der Waals surface area contributed by atoms with Gasteiger partial charge >= 0.3 is 0 Å². The minimum Gasteiger partial charge on any atom is -0.326 e. The first-order valence-electron chi connectivity index (χ1n) is 5.61. The van der Waals surface area contributed by atoms with Crippen molar-refractivity contribution in [3.05, 3.63) is 22.4 Å². The van der Waals surface area contributed by atoms with Gasteiger partial charge in [0.1, 0.15) is 5.37 Å². The summed E-state index contributed by atoms with van der Waals surface area (Å²) in [6.07, 6.45) is 0.692. The number of thioether (sulfide) groups is 1. The van der Waals surface area contributed by atoms with E-state index in [1.165, 1.54) is 5.56 Å². The molecule has 0 aliphatic carbocycles. The fourth-order valence-electron chi connectivity index (χ4n) is 1.90. The molecule has 0 spiro atoms. The number of amides is 1. The standard InChI is InChI=1S/C12H17NOS2/c1-9(2)7-13-11(14)4-6-16-12(13)10-3-5-15-8-10/h3,5,8-9,12H,4,6-7H2,1-2H3. The van der Waals surface area contributed by atoms with Crippen LogP contribution in [-0.4, -0.2) is 23.1 Å². The van der Waals surface area contributed by atoms with Crippen molar-refractivity contribution >= 4 is 29.0 Å². The van der Waals surface area contributed by atoms with Crippen LogP contribution in [0.15, 0.2) is 16.8 Å². The van der Waals surface area contributed by atoms with Crippen LogP contribution in [0.3, 0.4) is 0 Å². The Morgan fingerprint density at radius 3 is 3.00 bits per heavy atom. The number of carbonyl (C=O) groups is 1. The number of rotatable bonds is 3. The van der Waals surface area contributed by atoms with E-state index < -0.39 is 0 Å². The zero-order chi connectivity index (χ0) is 11.5.